The van der Waals surface area contributed by atoms with Crippen LogP contribution in [0.4, 0.5) is 0 Å². The molecule has 1 heterocycles. The van der Waals surface area contributed by atoms with Gasteiger partial charge in [0.05, 0.1) is 12.3 Å². The monoisotopic (exact) mass is 422 g/mol. The molecule has 0 aliphatic rings. The van der Waals surface area contributed by atoms with Crippen molar-refractivity contribution in [1.82, 2.24) is 15.3 Å². The standard InChI is InChI=1S/C23H23ClN4O2/c1-15-12-19(17(3)28(15)21-11-7-10-20(24)13-21)14-25-27-23(30)22(29)26-16(2)18-8-5-4-6-9-18/h4-14,16H,1-3H3,(H,26,29)(H,27,30)/b25-14-/t16-/m0/s1. The fourth-order valence-electron chi connectivity index (χ4n) is 3.23. The number of aromatic nitrogens is 1. The van der Waals surface area contributed by atoms with Gasteiger partial charge in [0.25, 0.3) is 0 Å². The Morgan fingerprint density at radius 1 is 1.03 bits per heavy atom. The number of hydrazone groups is 1. The van der Waals surface area contributed by atoms with E-state index >= 15 is 0 Å². The molecule has 1 atom stereocenters. The van der Waals surface area contributed by atoms with Gasteiger partial charge in [0.2, 0.25) is 0 Å². The first-order valence-corrected chi connectivity index (χ1v) is 9.88. The molecule has 7 heteroatoms. The zero-order valence-corrected chi connectivity index (χ0v) is 17.8. The zero-order valence-electron chi connectivity index (χ0n) is 17.0. The Kier molecular flexibility index (Phi) is 6.69. The van der Waals surface area contributed by atoms with Gasteiger partial charge in [-0.1, -0.05) is 48.0 Å². The topological polar surface area (TPSA) is 75.5 Å². The lowest BCUT2D eigenvalue weighted by Gasteiger charge is -2.13. The number of nitrogens with one attached hydrogen (secondary N) is 2. The van der Waals surface area contributed by atoms with Crippen LogP contribution in [-0.2, 0) is 9.59 Å². The van der Waals surface area contributed by atoms with Gasteiger partial charge >= 0.3 is 11.8 Å². The van der Waals surface area contributed by atoms with Gasteiger partial charge in [-0.05, 0) is 50.6 Å². The van der Waals surface area contributed by atoms with E-state index in [2.05, 4.69) is 15.8 Å². The molecule has 2 aromatic carbocycles. The number of aryl methyl sites for hydroxylation is 1. The fraction of sp³-hybridized carbons (Fsp3) is 0.174. The molecule has 0 saturated carbocycles. The third-order valence-electron chi connectivity index (χ3n) is 4.76. The van der Waals surface area contributed by atoms with E-state index in [4.69, 9.17) is 11.6 Å². The summed E-state index contributed by atoms with van der Waals surface area (Å²) in [6.07, 6.45) is 1.52. The predicted octanol–water partition coefficient (Wildman–Crippen LogP) is 4.08. The quantitative estimate of drug-likeness (QED) is 0.369. The minimum atomic E-state index is -0.822. The van der Waals surface area contributed by atoms with Gasteiger partial charge in [0.1, 0.15) is 0 Å². The molecule has 0 aliphatic carbocycles. The van der Waals surface area contributed by atoms with Crippen LogP contribution in [0, 0.1) is 13.8 Å². The van der Waals surface area contributed by atoms with Crippen LogP contribution >= 0.6 is 11.6 Å². The summed E-state index contributed by atoms with van der Waals surface area (Å²) in [6.45, 7) is 5.74. The molecule has 0 aliphatic heterocycles. The van der Waals surface area contributed by atoms with Crippen LogP contribution in [-0.4, -0.2) is 22.6 Å². The minimum absolute atomic E-state index is 0.287. The number of rotatable bonds is 5. The molecule has 1 aromatic heterocycles. The summed E-state index contributed by atoms with van der Waals surface area (Å²) >= 11 is 6.10. The van der Waals surface area contributed by atoms with E-state index in [1.54, 1.807) is 0 Å². The maximum Gasteiger partial charge on any atom is 0.329 e. The highest BCUT2D eigenvalue weighted by Gasteiger charge is 2.16. The summed E-state index contributed by atoms with van der Waals surface area (Å²) in [5, 5.41) is 7.25. The van der Waals surface area contributed by atoms with Gasteiger partial charge in [0.15, 0.2) is 0 Å². The Morgan fingerprint density at radius 3 is 2.47 bits per heavy atom. The summed E-state index contributed by atoms with van der Waals surface area (Å²) in [4.78, 5) is 24.2. The summed E-state index contributed by atoms with van der Waals surface area (Å²) < 4.78 is 2.04. The van der Waals surface area contributed by atoms with Crippen molar-refractivity contribution in [3.05, 3.63) is 88.2 Å². The summed E-state index contributed by atoms with van der Waals surface area (Å²) in [5.74, 6) is -1.56. The molecule has 0 saturated heterocycles. The van der Waals surface area contributed by atoms with Crippen LogP contribution < -0.4 is 10.7 Å². The van der Waals surface area contributed by atoms with Crippen molar-refractivity contribution in [1.29, 1.82) is 0 Å². The lowest BCUT2D eigenvalue weighted by molar-refractivity contribution is -0.139. The van der Waals surface area contributed by atoms with Crippen LogP contribution in [0.5, 0.6) is 0 Å². The first kappa shape index (κ1) is 21.3. The molecule has 6 nitrogen and oxygen atoms in total. The Morgan fingerprint density at radius 2 is 1.77 bits per heavy atom. The maximum absolute atomic E-state index is 12.1. The van der Waals surface area contributed by atoms with Crippen molar-refractivity contribution in [2.45, 2.75) is 26.8 Å². The molecule has 0 unspecified atom stereocenters. The van der Waals surface area contributed by atoms with E-state index < -0.39 is 11.8 Å². The number of amides is 2. The van der Waals surface area contributed by atoms with Crippen molar-refractivity contribution >= 4 is 29.6 Å². The smallest absolute Gasteiger partial charge is 0.329 e. The lowest BCUT2D eigenvalue weighted by atomic mass is 10.1. The van der Waals surface area contributed by atoms with Gasteiger partial charge in [0, 0.05) is 27.7 Å². The number of halogens is 1. The summed E-state index contributed by atoms with van der Waals surface area (Å²) in [6, 6.07) is 18.6. The Hall–Kier alpha value is -3.38. The van der Waals surface area contributed by atoms with Gasteiger partial charge in [-0.25, -0.2) is 5.43 Å². The van der Waals surface area contributed by atoms with E-state index in [0.29, 0.717) is 5.02 Å². The number of carbonyl (C=O) groups excluding carboxylic acids is 2. The molecule has 154 valence electrons. The first-order chi connectivity index (χ1) is 14.4. The van der Waals surface area contributed by atoms with E-state index in [1.165, 1.54) is 6.21 Å². The highest BCUT2D eigenvalue weighted by atomic mass is 35.5. The third kappa shape index (κ3) is 4.96. The predicted molar refractivity (Wildman–Crippen MR) is 119 cm³/mol. The van der Waals surface area contributed by atoms with E-state index in [9.17, 15) is 9.59 Å². The average Bonchev–Trinajstić information content (AvgIpc) is 3.01. The first-order valence-electron chi connectivity index (χ1n) is 9.50. The molecule has 30 heavy (non-hydrogen) atoms. The molecule has 0 fully saturated rings. The average molecular weight is 423 g/mol. The SMILES string of the molecule is Cc1cc(/C=N\NC(=O)C(=O)N[C@@H](C)c2ccccc2)c(C)n1-c1cccc(Cl)c1. The molecule has 2 amide bonds. The highest BCUT2D eigenvalue weighted by Crippen LogP contribution is 2.22. The lowest BCUT2D eigenvalue weighted by Crippen LogP contribution is -2.39. The zero-order chi connectivity index (χ0) is 21.7. The molecule has 0 spiro atoms. The molecular weight excluding hydrogens is 400 g/mol. The number of nitrogens with zero attached hydrogens (tertiary/aromatic N) is 2. The van der Waals surface area contributed by atoms with Gasteiger partial charge in [-0.2, -0.15) is 5.10 Å². The second-order valence-corrected chi connectivity index (χ2v) is 7.38. The van der Waals surface area contributed by atoms with Crippen LogP contribution in [0.1, 0.15) is 35.5 Å². The fourth-order valence-corrected chi connectivity index (χ4v) is 3.41. The number of carbonyl (C=O) groups is 2. The Labute approximate surface area is 180 Å². The maximum atomic E-state index is 12.1. The van der Waals surface area contributed by atoms with Crippen molar-refractivity contribution in [2.24, 2.45) is 5.10 Å². The van der Waals surface area contributed by atoms with Crippen molar-refractivity contribution in [3.63, 3.8) is 0 Å². The second kappa shape index (κ2) is 9.41. The van der Waals surface area contributed by atoms with E-state index in [1.807, 2.05) is 86.0 Å². The minimum Gasteiger partial charge on any atom is -0.341 e. The van der Waals surface area contributed by atoms with E-state index in [-0.39, 0.29) is 6.04 Å². The van der Waals surface area contributed by atoms with Crippen LogP contribution in [0.15, 0.2) is 65.8 Å². The third-order valence-corrected chi connectivity index (χ3v) is 4.99. The molecule has 3 aromatic rings. The Balaban J connectivity index is 1.64. The molecule has 0 radical (unpaired) electrons. The summed E-state index contributed by atoms with van der Waals surface area (Å²) in [7, 11) is 0. The molecule has 3 rings (SSSR count). The van der Waals surface area contributed by atoms with Gasteiger partial charge in [-0.3, -0.25) is 9.59 Å². The highest BCUT2D eigenvalue weighted by molar-refractivity contribution is 6.35. The van der Waals surface area contributed by atoms with Gasteiger partial charge in [-0.15, -0.1) is 0 Å². The largest absolute Gasteiger partial charge is 0.341 e. The summed E-state index contributed by atoms with van der Waals surface area (Å²) in [5.41, 5.74) is 6.90. The molecular formula is C23H23ClN4O2. The Bertz CT molecular complexity index is 1090. The van der Waals surface area contributed by atoms with E-state index in [0.717, 1.165) is 28.2 Å². The number of hydrogen-bond donors (Lipinski definition) is 2. The van der Waals surface area contributed by atoms with Crippen molar-refractivity contribution in [2.75, 3.05) is 0 Å². The number of hydrogen-bond acceptors (Lipinski definition) is 3. The van der Waals surface area contributed by atoms with Crippen molar-refractivity contribution < 1.29 is 9.59 Å². The second-order valence-electron chi connectivity index (χ2n) is 6.95. The van der Waals surface area contributed by atoms with Crippen LogP contribution in [0.2, 0.25) is 5.02 Å². The van der Waals surface area contributed by atoms with Crippen LogP contribution in [0.25, 0.3) is 5.69 Å². The molecule has 2 N–H and O–H groups in total. The normalized spacial score (nSPS) is 12.0. The number of benzene rings is 2. The van der Waals surface area contributed by atoms with Gasteiger partial charge < -0.3 is 9.88 Å². The van der Waals surface area contributed by atoms with Crippen molar-refractivity contribution in [3.8, 4) is 5.69 Å². The molecule has 0 bridgehead atoms. The van der Waals surface area contributed by atoms with Crippen LogP contribution in [0.3, 0.4) is 0 Å².